The van der Waals surface area contributed by atoms with Crippen molar-refractivity contribution in [2.75, 3.05) is 5.32 Å². The third-order valence-electron chi connectivity index (χ3n) is 3.19. The first kappa shape index (κ1) is 16.7. The van der Waals surface area contributed by atoms with Crippen molar-refractivity contribution < 1.29 is 4.79 Å². The summed E-state index contributed by atoms with van der Waals surface area (Å²) in [5, 5.41) is 14.8. The van der Waals surface area contributed by atoms with Crippen molar-refractivity contribution in [2.45, 2.75) is 17.3 Å². The van der Waals surface area contributed by atoms with Gasteiger partial charge in [0.1, 0.15) is 0 Å². The Kier molecular flexibility index (Phi) is 5.27. The number of nitrogens with zero attached hydrogens (tertiary/aromatic N) is 4. The van der Waals surface area contributed by atoms with Gasteiger partial charge >= 0.3 is 0 Å². The number of para-hydroxylation sites is 1. The van der Waals surface area contributed by atoms with Crippen LogP contribution in [0.3, 0.4) is 0 Å². The maximum Gasteiger partial charge on any atom is 0.237 e. The van der Waals surface area contributed by atoms with Crippen molar-refractivity contribution in [3.05, 3.63) is 59.1 Å². The monoisotopic (exact) mass is 403 g/mol. The lowest BCUT2D eigenvalue weighted by Crippen LogP contribution is -2.22. The van der Waals surface area contributed by atoms with E-state index in [1.807, 2.05) is 61.5 Å². The van der Waals surface area contributed by atoms with Crippen molar-refractivity contribution in [3.8, 4) is 5.69 Å². The first-order chi connectivity index (χ1) is 11.6. The molecule has 0 radical (unpaired) electrons. The molecule has 2 aromatic carbocycles. The molecule has 122 valence electrons. The predicted molar refractivity (Wildman–Crippen MR) is 97.2 cm³/mol. The molecule has 0 saturated heterocycles. The Balaban J connectivity index is 1.70. The summed E-state index contributed by atoms with van der Waals surface area (Å²) < 4.78 is 2.53. The van der Waals surface area contributed by atoms with Gasteiger partial charge in [-0.25, -0.2) is 0 Å². The average molecular weight is 404 g/mol. The van der Waals surface area contributed by atoms with Gasteiger partial charge in [-0.3, -0.25) is 4.79 Å². The second-order valence-corrected chi connectivity index (χ2v) is 7.19. The molecular formula is C16H14BrN5OS. The van der Waals surface area contributed by atoms with E-state index in [9.17, 15) is 4.79 Å². The van der Waals surface area contributed by atoms with Crippen molar-refractivity contribution in [2.24, 2.45) is 0 Å². The third-order valence-corrected chi connectivity index (χ3v) is 4.71. The number of anilines is 1. The summed E-state index contributed by atoms with van der Waals surface area (Å²) in [4.78, 5) is 12.4. The Morgan fingerprint density at radius 2 is 2.00 bits per heavy atom. The van der Waals surface area contributed by atoms with Crippen LogP contribution < -0.4 is 5.32 Å². The summed E-state index contributed by atoms with van der Waals surface area (Å²) in [5.41, 5.74) is 1.59. The predicted octanol–water partition coefficient (Wildman–Crippen LogP) is 3.54. The zero-order valence-corrected chi connectivity index (χ0v) is 15.2. The van der Waals surface area contributed by atoms with Crippen LogP contribution in [-0.2, 0) is 4.79 Å². The van der Waals surface area contributed by atoms with Crippen LogP contribution in [0.15, 0.2) is 64.2 Å². The number of benzene rings is 2. The van der Waals surface area contributed by atoms with E-state index in [1.165, 1.54) is 11.8 Å². The number of thioether (sulfide) groups is 1. The van der Waals surface area contributed by atoms with Gasteiger partial charge in [0.15, 0.2) is 0 Å². The number of carbonyl (C=O) groups excluding carboxylic acids is 1. The van der Waals surface area contributed by atoms with Crippen LogP contribution in [0.2, 0.25) is 0 Å². The number of halogens is 1. The lowest BCUT2D eigenvalue weighted by molar-refractivity contribution is -0.115. The molecule has 0 aliphatic rings. The molecule has 3 rings (SSSR count). The van der Waals surface area contributed by atoms with Crippen LogP contribution in [0.4, 0.5) is 5.69 Å². The molecule has 0 saturated carbocycles. The van der Waals surface area contributed by atoms with Gasteiger partial charge in [-0.15, -0.1) is 5.10 Å². The Bertz CT molecular complexity index is 839. The molecule has 0 aliphatic heterocycles. The average Bonchev–Trinajstić information content (AvgIpc) is 3.03. The van der Waals surface area contributed by atoms with Gasteiger partial charge in [0, 0.05) is 10.2 Å². The van der Waals surface area contributed by atoms with E-state index in [1.54, 1.807) is 4.68 Å². The summed E-state index contributed by atoms with van der Waals surface area (Å²) in [6.07, 6.45) is 0. The van der Waals surface area contributed by atoms with Crippen LogP contribution in [0, 0.1) is 0 Å². The van der Waals surface area contributed by atoms with E-state index in [2.05, 4.69) is 36.8 Å². The summed E-state index contributed by atoms with van der Waals surface area (Å²) in [5.74, 6) is -0.110. The number of hydrogen-bond donors (Lipinski definition) is 1. The Labute approximate surface area is 151 Å². The molecule has 1 atom stereocenters. The highest BCUT2D eigenvalue weighted by Crippen LogP contribution is 2.24. The maximum absolute atomic E-state index is 12.4. The van der Waals surface area contributed by atoms with Crippen molar-refractivity contribution in [3.63, 3.8) is 0 Å². The summed E-state index contributed by atoms with van der Waals surface area (Å²) >= 11 is 4.69. The number of carbonyl (C=O) groups is 1. The topological polar surface area (TPSA) is 72.7 Å². The van der Waals surface area contributed by atoms with E-state index in [0.717, 1.165) is 15.8 Å². The van der Waals surface area contributed by atoms with Gasteiger partial charge in [-0.2, -0.15) is 4.68 Å². The number of nitrogens with one attached hydrogen (secondary N) is 1. The summed E-state index contributed by atoms with van der Waals surface area (Å²) in [6, 6.07) is 17.0. The van der Waals surface area contributed by atoms with E-state index in [0.29, 0.717) is 5.16 Å². The number of rotatable bonds is 5. The van der Waals surface area contributed by atoms with Gasteiger partial charge in [0.25, 0.3) is 0 Å². The summed E-state index contributed by atoms with van der Waals surface area (Å²) in [7, 11) is 0. The van der Waals surface area contributed by atoms with Crippen molar-refractivity contribution in [1.29, 1.82) is 0 Å². The smallest absolute Gasteiger partial charge is 0.237 e. The number of amides is 1. The zero-order valence-electron chi connectivity index (χ0n) is 12.8. The van der Waals surface area contributed by atoms with Gasteiger partial charge < -0.3 is 5.32 Å². The van der Waals surface area contributed by atoms with Crippen LogP contribution in [-0.4, -0.2) is 31.4 Å². The van der Waals surface area contributed by atoms with Crippen LogP contribution in [0.25, 0.3) is 5.69 Å². The second kappa shape index (κ2) is 7.59. The maximum atomic E-state index is 12.4. The van der Waals surface area contributed by atoms with E-state index >= 15 is 0 Å². The molecule has 24 heavy (non-hydrogen) atoms. The Morgan fingerprint density at radius 3 is 2.75 bits per heavy atom. The van der Waals surface area contributed by atoms with Crippen molar-refractivity contribution in [1.82, 2.24) is 20.2 Å². The SMILES string of the molecule is C[C@H](Sc1nnnn1-c1ccccc1)C(=O)Nc1cccc(Br)c1. The molecule has 0 unspecified atom stereocenters. The Morgan fingerprint density at radius 1 is 1.21 bits per heavy atom. The van der Waals surface area contributed by atoms with Gasteiger partial charge in [-0.1, -0.05) is 52.0 Å². The third kappa shape index (κ3) is 4.01. The Hall–Kier alpha value is -2.19. The molecule has 1 heterocycles. The van der Waals surface area contributed by atoms with Gasteiger partial charge in [-0.05, 0) is 47.7 Å². The number of tetrazole rings is 1. The highest BCUT2D eigenvalue weighted by Gasteiger charge is 2.19. The fourth-order valence-electron chi connectivity index (χ4n) is 2.01. The molecule has 0 spiro atoms. The molecule has 8 heteroatoms. The zero-order chi connectivity index (χ0) is 16.9. The van der Waals surface area contributed by atoms with Crippen LogP contribution >= 0.6 is 27.7 Å². The molecule has 6 nitrogen and oxygen atoms in total. The van der Waals surface area contributed by atoms with Gasteiger partial charge in [0.2, 0.25) is 11.1 Å². The quantitative estimate of drug-likeness (QED) is 0.659. The molecule has 1 amide bonds. The lowest BCUT2D eigenvalue weighted by Gasteiger charge is -2.12. The normalized spacial score (nSPS) is 11.9. The van der Waals surface area contributed by atoms with Gasteiger partial charge in [0.05, 0.1) is 10.9 Å². The molecule has 3 aromatic rings. The highest BCUT2D eigenvalue weighted by atomic mass is 79.9. The van der Waals surface area contributed by atoms with E-state index in [-0.39, 0.29) is 11.2 Å². The fourth-order valence-corrected chi connectivity index (χ4v) is 3.21. The van der Waals surface area contributed by atoms with E-state index < -0.39 is 0 Å². The van der Waals surface area contributed by atoms with Crippen LogP contribution in [0.5, 0.6) is 0 Å². The number of aromatic nitrogens is 4. The van der Waals surface area contributed by atoms with E-state index in [4.69, 9.17) is 0 Å². The molecule has 0 bridgehead atoms. The lowest BCUT2D eigenvalue weighted by atomic mass is 10.3. The highest BCUT2D eigenvalue weighted by molar-refractivity contribution is 9.10. The first-order valence-corrected chi connectivity index (χ1v) is 8.87. The molecule has 1 aromatic heterocycles. The van der Waals surface area contributed by atoms with Crippen molar-refractivity contribution >= 4 is 39.3 Å². The molecular weight excluding hydrogens is 390 g/mol. The standard InChI is InChI=1S/C16H14BrN5OS/c1-11(15(23)18-13-7-5-6-12(17)10-13)24-16-19-20-21-22(16)14-8-3-2-4-9-14/h2-11H,1H3,(H,18,23)/t11-/m0/s1. The minimum absolute atomic E-state index is 0.110. The van der Waals surface area contributed by atoms with Crippen LogP contribution in [0.1, 0.15) is 6.92 Å². The molecule has 1 N–H and O–H groups in total. The number of hydrogen-bond acceptors (Lipinski definition) is 5. The molecule has 0 aliphatic carbocycles. The first-order valence-electron chi connectivity index (χ1n) is 7.20. The largest absolute Gasteiger partial charge is 0.325 e. The molecule has 0 fully saturated rings. The summed E-state index contributed by atoms with van der Waals surface area (Å²) in [6.45, 7) is 1.82. The fraction of sp³-hybridized carbons (Fsp3) is 0.125. The minimum atomic E-state index is -0.350. The second-order valence-electron chi connectivity index (χ2n) is 4.97. The minimum Gasteiger partial charge on any atom is -0.325 e.